The van der Waals surface area contributed by atoms with Gasteiger partial charge in [-0.15, -0.1) is 11.6 Å². The molecule has 7 heteroatoms. The zero-order chi connectivity index (χ0) is 13.9. The molecule has 1 aromatic carbocycles. The third-order valence-corrected chi connectivity index (χ3v) is 3.40. The molecule has 0 saturated carbocycles. The summed E-state index contributed by atoms with van der Waals surface area (Å²) in [7, 11) is 2.81. The summed E-state index contributed by atoms with van der Waals surface area (Å²) in [4.78, 5) is 0. The zero-order valence-electron chi connectivity index (χ0n) is 9.65. The van der Waals surface area contributed by atoms with E-state index in [1.807, 2.05) is 0 Å². The largest absolute Gasteiger partial charge is 0.495 e. The molecule has 18 heavy (non-hydrogen) atoms. The highest BCUT2D eigenvalue weighted by Gasteiger charge is 2.33. The van der Waals surface area contributed by atoms with Crippen molar-refractivity contribution in [2.24, 2.45) is 0 Å². The number of ether oxygens (including phenoxy) is 2. The normalized spacial score (nSPS) is 13.3. The third-order valence-electron chi connectivity index (χ3n) is 2.26. The molecular formula is C11H11BrClF3O2. The Morgan fingerprint density at radius 1 is 1.28 bits per heavy atom. The number of halogens is 5. The van der Waals surface area contributed by atoms with Crippen molar-refractivity contribution in [2.75, 3.05) is 14.2 Å². The molecule has 0 radical (unpaired) electrons. The van der Waals surface area contributed by atoms with E-state index in [1.165, 1.54) is 26.4 Å². The minimum Gasteiger partial charge on any atom is -0.495 e. The summed E-state index contributed by atoms with van der Waals surface area (Å²) in [5.41, 5.74) is 0.268. The Balaban J connectivity index is 3.13. The Hall–Kier alpha value is -0.620. The maximum Gasteiger partial charge on any atom is 0.390 e. The van der Waals surface area contributed by atoms with E-state index < -0.39 is 18.0 Å². The molecule has 0 aromatic heterocycles. The Morgan fingerprint density at radius 3 is 2.33 bits per heavy atom. The maximum absolute atomic E-state index is 12.3. The average Bonchev–Trinajstić information content (AvgIpc) is 2.26. The maximum atomic E-state index is 12.3. The van der Waals surface area contributed by atoms with Gasteiger partial charge in [0, 0.05) is 5.56 Å². The standard InChI is InChI=1S/C11H11BrClF3O2/c1-17-8-4-3-6(10(18-2)9(8)12)7(13)5-11(14,15)16/h3-4,7H,5H2,1-2H3. The van der Waals surface area contributed by atoms with Crippen LogP contribution < -0.4 is 9.47 Å². The summed E-state index contributed by atoms with van der Waals surface area (Å²) >= 11 is 8.99. The van der Waals surface area contributed by atoms with Gasteiger partial charge in [-0.25, -0.2) is 0 Å². The number of benzene rings is 1. The van der Waals surface area contributed by atoms with E-state index in [0.29, 0.717) is 10.2 Å². The molecule has 0 spiro atoms. The van der Waals surface area contributed by atoms with Gasteiger partial charge in [0.05, 0.1) is 26.0 Å². The number of hydrogen-bond donors (Lipinski definition) is 0. The predicted octanol–water partition coefficient (Wildman–Crippen LogP) is 4.70. The van der Waals surface area contributed by atoms with Crippen molar-refractivity contribution in [3.63, 3.8) is 0 Å². The van der Waals surface area contributed by atoms with Crippen molar-refractivity contribution >= 4 is 27.5 Å². The minimum absolute atomic E-state index is 0.249. The van der Waals surface area contributed by atoms with Crippen LogP contribution in [0.4, 0.5) is 13.2 Å². The van der Waals surface area contributed by atoms with E-state index in [-0.39, 0.29) is 11.3 Å². The SMILES string of the molecule is COc1ccc(C(Cl)CC(F)(F)F)c(OC)c1Br. The molecule has 0 aliphatic carbocycles. The lowest BCUT2D eigenvalue weighted by Gasteiger charge is -2.18. The lowest BCUT2D eigenvalue weighted by molar-refractivity contribution is -0.134. The molecule has 0 bridgehead atoms. The van der Waals surface area contributed by atoms with Crippen LogP contribution in [-0.4, -0.2) is 20.4 Å². The number of rotatable bonds is 4. The van der Waals surface area contributed by atoms with Gasteiger partial charge < -0.3 is 9.47 Å². The van der Waals surface area contributed by atoms with Gasteiger partial charge in [0.1, 0.15) is 16.0 Å². The topological polar surface area (TPSA) is 18.5 Å². The lowest BCUT2D eigenvalue weighted by Crippen LogP contribution is -2.11. The molecule has 102 valence electrons. The van der Waals surface area contributed by atoms with Gasteiger partial charge in [0.15, 0.2) is 0 Å². The van der Waals surface area contributed by atoms with Crippen LogP contribution in [-0.2, 0) is 0 Å². The van der Waals surface area contributed by atoms with Crippen molar-refractivity contribution in [1.82, 2.24) is 0 Å². The fraction of sp³-hybridized carbons (Fsp3) is 0.455. The van der Waals surface area contributed by atoms with Gasteiger partial charge in [-0.1, -0.05) is 6.07 Å². The first kappa shape index (κ1) is 15.4. The summed E-state index contributed by atoms with van der Waals surface area (Å²) in [5, 5.41) is -1.21. The second kappa shape index (κ2) is 6.02. The van der Waals surface area contributed by atoms with Crippen LogP contribution in [0.25, 0.3) is 0 Å². The van der Waals surface area contributed by atoms with E-state index in [2.05, 4.69) is 15.9 Å². The third kappa shape index (κ3) is 3.68. The van der Waals surface area contributed by atoms with Gasteiger partial charge >= 0.3 is 6.18 Å². The first-order valence-corrected chi connectivity index (χ1v) is 6.14. The highest BCUT2D eigenvalue weighted by Crippen LogP contribution is 2.44. The van der Waals surface area contributed by atoms with Crippen molar-refractivity contribution in [3.8, 4) is 11.5 Å². The molecule has 1 unspecified atom stereocenters. The molecular weight excluding hydrogens is 336 g/mol. The summed E-state index contributed by atoms with van der Waals surface area (Å²) in [6.07, 6.45) is -5.45. The van der Waals surface area contributed by atoms with E-state index in [0.717, 1.165) is 0 Å². The molecule has 0 N–H and O–H groups in total. The number of alkyl halides is 4. The predicted molar refractivity (Wildman–Crippen MR) is 66.5 cm³/mol. The molecule has 0 fully saturated rings. The average molecular weight is 348 g/mol. The van der Waals surface area contributed by atoms with Crippen molar-refractivity contribution in [3.05, 3.63) is 22.2 Å². The van der Waals surface area contributed by atoms with Gasteiger partial charge in [-0.3, -0.25) is 0 Å². The van der Waals surface area contributed by atoms with Crippen LogP contribution in [0.5, 0.6) is 11.5 Å². The van der Waals surface area contributed by atoms with Crippen LogP contribution in [0.2, 0.25) is 0 Å². The second-order valence-electron chi connectivity index (χ2n) is 3.49. The number of hydrogen-bond acceptors (Lipinski definition) is 2. The summed E-state index contributed by atoms with van der Waals surface area (Å²) in [6.45, 7) is 0. The van der Waals surface area contributed by atoms with Gasteiger partial charge in [0.2, 0.25) is 0 Å². The van der Waals surface area contributed by atoms with Crippen LogP contribution in [0.15, 0.2) is 16.6 Å². The summed E-state index contributed by atoms with van der Waals surface area (Å²) in [5.74, 6) is 0.713. The smallest absolute Gasteiger partial charge is 0.390 e. The quantitative estimate of drug-likeness (QED) is 0.735. The zero-order valence-corrected chi connectivity index (χ0v) is 12.0. The van der Waals surface area contributed by atoms with Crippen LogP contribution >= 0.6 is 27.5 Å². The molecule has 1 atom stereocenters. The lowest BCUT2D eigenvalue weighted by atomic mass is 10.1. The molecule has 1 rings (SSSR count). The van der Waals surface area contributed by atoms with Crippen molar-refractivity contribution in [2.45, 2.75) is 18.0 Å². The van der Waals surface area contributed by atoms with E-state index in [1.54, 1.807) is 0 Å². The highest BCUT2D eigenvalue weighted by molar-refractivity contribution is 9.10. The Labute approximate surface area is 116 Å². The summed E-state index contributed by atoms with van der Waals surface area (Å²) in [6, 6.07) is 3.00. The highest BCUT2D eigenvalue weighted by atomic mass is 79.9. The first-order valence-electron chi connectivity index (χ1n) is 4.91. The second-order valence-corrected chi connectivity index (χ2v) is 4.81. The Morgan fingerprint density at radius 2 is 1.89 bits per heavy atom. The Bertz CT molecular complexity index is 423. The summed E-state index contributed by atoms with van der Waals surface area (Å²) < 4.78 is 47.5. The first-order chi connectivity index (χ1) is 8.30. The van der Waals surface area contributed by atoms with Crippen molar-refractivity contribution < 1.29 is 22.6 Å². The number of methoxy groups -OCH3 is 2. The van der Waals surface area contributed by atoms with Crippen LogP contribution in [0.1, 0.15) is 17.4 Å². The molecule has 0 aliphatic heterocycles. The van der Waals surface area contributed by atoms with E-state index >= 15 is 0 Å². The van der Waals surface area contributed by atoms with Gasteiger partial charge in [-0.05, 0) is 22.0 Å². The van der Waals surface area contributed by atoms with Gasteiger partial charge in [-0.2, -0.15) is 13.2 Å². The van der Waals surface area contributed by atoms with E-state index in [4.69, 9.17) is 21.1 Å². The fourth-order valence-electron chi connectivity index (χ4n) is 1.48. The Kier molecular flexibility index (Phi) is 5.16. The van der Waals surface area contributed by atoms with Crippen molar-refractivity contribution in [1.29, 1.82) is 0 Å². The monoisotopic (exact) mass is 346 g/mol. The van der Waals surface area contributed by atoms with Crippen LogP contribution in [0.3, 0.4) is 0 Å². The molecule has 0 heterocycles. The molecule has 2 nitrogen and oxygen atoms in total. The molecule has 0 saturated heterocycles. The fourth-order valence-corrected chi connectivity index (χ4v) is 2.51. The molecule has 1 aromatic rings. The molecule has 0 amide bonds. The van der Waals surface area contributed by atoms with E-state index in [9.17, 15) is 13.2 Å². The molecule has 0 aliphatic rings. The van der Waals surface area contributed by atoms with Crippen LogP contribution in [0, 0.1) is 0 Å². The minimum atomic E-state index is -4.33. The van der Waals surface area contributed by atoms with Gasteiger partial charge in [0.25, 0.3) is 0 Å².